The van der Waals surface area contributed by atoms with Crippen molar-refractivity contribution in [1.82, 2.24) is 15.5 Å². The first-order valence-electron chi connectivity index (χ1n) is 12.7. The smallest absolute Gasteiger partial charge is 0.408 e. The van der Waals surface area contributed by atoms with Gasteiger partial charge in [-0.15, -0.1) is 0 Å². The lowest BCUT2D eigenvalue weighted by atomic mass is 9.98. The first kappa shape index (κ1) is 30.8. The number of nitrogens with one attached hydrogen (secondary N) is 2. The van der Waals surface area contributed by atoms with Gasteiger partial charge >= 0.3 is 6.09 Å². The molecule has 0 aliphatic heterocycles. The topological polar surface area (TPSA) is 155 Å². The zero-order chi connectivity index (χ0) is 29.2. The van der Waals surface area contributed by atoms with Gasteiger partial charge < -0.3 is 26.0 Å². The Morgan fingerprint density at radius 1 is 1.05 bits per heavy atom. The predicted molar refractivity (Wildman–Crippen MR) is 146 cm³/mol. The van der Waals surface area contributed by atoms with Crippen molar-refractivity contribution in [2.45, 2.75) is 71.7 Å². The van der Waals surface area contributed by atoms with Crippen molar-refractivity contribution < 1.29 is 23.9 Å². The summed E-state index contributed by atoms with van der Waals surface area (Å²) in [4.78, 5) is 52.7. The average molecular weight is 536 g/mol. The van der Waals surface area contributed by atoms with Gasteiger partial charge in [0.1, 0.15) is 24.2 Å². The van der Waals surface area contributed by atoms with Crippen LogP contribution in [0, 0.1) is 25.2 Å². The summed E-state index contributed by atoms with van der Waals surface area (Å²) < 4.78 is 5.30. The highest BCUT2D eigenvalue weighted by Crippen LogP contribution is 2.25. The average Bonchev–Trinajstić information content (AvgIpc) is 2.83. The van der Waals surface area contributed by atoms with E-state index in [1.54, 1.807) is 32.9 Å². The van der Waals surface area contributed by atoms with Gasteiger partial charge in [-0.3, -0.25) is 14.4 Å². The van der Waals surface area contributed by atoms with E-state index in [4.69, 9.17) is 10.5 Å². The van der Waals surface area contributed by atoms with E-state index in [-0.39, 0.29) is 19.4 Å². The van der Waals surface area contributed by atoms with Crippen molar-refractivity contribution >= 4 is 23.8 Å². The van der Waals surface area contributed by atoms with Gasteiger partial charge in [-0.1, -0.05) is 59.7 Å². The number of nitriles is 1. The second kappa shape index (κ2) is 14.0. The Morgan fingerprint density at radius 3 is 2.21 bits per heavy atom. The number of carbonyl (C=O) groups is 4. The summed E-state index contributed by atoms with van der Waals surface area (Å²) in [5, 5.41) is 15.0. The number of hydrogen-bond donors (Lipinski definition) is 3. The van der Waals surface area contributed by atoms with Gasteiger partial charge in [0.05, 0.1) is 6.07 Å². The molecular formula is C29H37N5O5. The van der Waals surface area contributed by atoms with Gasteiger partial charge in [0.2, 0.25) is 17.7 Å². The van der Waals surface area contributed by atoms with Crippen LogP contribution in [-0.4, -0.2) is 46.9 Å². The Hall–Kier alpha value is -4.39. The van der Waals surface area contributed by atoms with Gasteiger partial charge in [-0.05, 0) is 52.2 Å². The molecule has 208 valence electrons. The number of nitrogens with two attached hydrogens (primary N) is 1. The highest BCUT2D eigenvalue weighted by atomic mass is 16.6. The fourth-order valence-electron chi connectivity index (χ4n) is 4.09. The van der Waals surface area contributed by atoms with E-state index in [9.17, 15) is 24.4 Å². The molecule has 4 N–H and O–H groups in total. The normalized spacial score (nSPS) is 12.4. The molecule has 0 fully saturated rings. The Balaban J connectivity index is 2.49. The van der Waals surface area contributed by atoms with Gasteiger partial charge in [-0.2, -0.15) is 5.26 Å². The van der Waals surface area contributed by atoms with E-state index in [0.717, 1.165) is 21.6 Å². The minimum atomic E-state index is -1.27. The van der Waals surface area contributed by atoms with Crippen LogP contribution in [0.3, 0.4) is 0 Å². The minimum Gasteiger partial charge on any atom is -0.444 e. The zero-order valence-corrected chi connectivity index (χ0v) is 23.1. The monoisotopic (exact) mass is 535 g/mol. The summed E-state index contributed by atoms with van der Waals surface area (Å²) in [5.41, 5.74) is 7.57. The number of benzene rings is 2. The molecule has 0 aliphatic carbocycles. The van der Waals surface area contributed by atoms with E-state index in [0.29, 0.717) is 5.56 Å². The number of ether oxygens (including phenoxy) is 1. The number of amides is 4. The van der Waals surface area contributed by atoms with Crippen molar-refractivity contribution in [3.8, 4) is 6.07 Å². The summed E-state index contributed by atoms with van der Waals surface area (Å²) in [5.74, 6) is -1.89. The van der Waals surface area contributed by atoms with Crippen LogP contribution in [0.2, 0.25) is 0 Å². The molecule has 39 heavy (non-hydrogen) atoms. The molecule has 2 unspecified atom stereocenters. The zero-order valence-electron chi connectivity index (χ0n) is 23.1. The number of nitrogens with zero attached hydrogens (tertiary/aromatic N) is 2. The number of alkyl carbamates (subject to hydrolysis) is 1. The summed E-state index contributed by atoms with van der Waals surface area (Å²) in [6.45, 7) is 8.50. The van der Waals surface area contributed by atoms with Crippen molar-refractivity contribution in [3.63, 3.8) is 0 Å². The van der Waals surface area contributed by atoms with Crippen molar-refractivity contribution in [1.29, 1.82) is 5.26 Å². The van der Waals surface area contributed by atoms with Crippen LogP contribution in [0.4, 0.5) is 4.79 Å². The lowest BCUT2D eigenvalue weighted by molar-refractivity contribution is -0.142. The standard InChI is InChI=1S/C29H37N5O5/c1-19-15-20(2)17-22(16-19)25(26(36)32-18-21-9-7-6-8-10-21)34(14-13-30)27(37)23(11-12-24(31)35)33-28(38)39-29(3,4)5/h6-10,15-17,23,25H,11-12,14,18H2,1-5H3,(H2,31,35)(H,32,36)(H,33,38). The van der Waals surface area contributed by atoms with Crippen molar-refractivity contribution in [2.24, 2.45) is 5.73 Å². The van der Waals surface area contributed by atoms with Crippen LogP contribution in [0.1, 0.15) is 61.9 Å². The van der Waals surface area contributed by atoms with Crippen LogP contribution >= 0.6 is 0 Å². The quantitative estimate of drug-likeness (QED) is 0.376. The van der Waals surface area contributed by atoms with Crippen LogP contribution in [0.5, 0.6) is 0 Å². The maximum atomic E-state index is 13.9. The Morgan fingerprint density at radius 2 is 1.67 bits per heavy atom. The third-order valence-corrected chi connectivity index (χ3v) is 5.62. The fourth-order valence-corrected chi connectivity index (χ4v) is 4.09. The van der Waals surface area contributed by atoms with E-state index >= 15 is 0 Å². The number of carbonyl (C=O) groups excluding carboxylic acids is 4. The number of rotatable bonds is 11. The van der Waals surface area contributed by atoms with Crippen molar-refractivity contribution in [3.05, 3.63) is 70.8 Å². The predicted octanol–water partition coefficient (Wildman–Crippen LogP) is 3.17. The molecule has 0 aliphatic rings. The van der Waals surface area contributed by atoms with E-state index in [1.165, 1.54) is 0 Å². The SMILES string of the molecule is Cc1cc(C)cc(C(C(=O)NCc2ccccc2)N(CC#N)C(=O)C(CCC(N)=O)NC(=O)OC(C)(C)C)c1. The molecule has 0 saturated carbocycles. The molecule has 0 aromatic heterocycles. The number of hydrogen-bond acceptors (Lipinski definition) is 6. The van der Waals surface area contributed by atoms with E-state index in [1.807, 2.05) is 56.3 Å². The minimum absolute atomic E-state index is 0.138. The second-order valence-electron chi connectivity index (χ2n) is 10.4. The third-order valence-electron chi connectivity index (χ3n) is 5.62. The van der Waals surface area contributed by atoms with Crippen molar-refractivity contribution in [2.75, 3.05) is 6.54 Å². The molecule has 0 saturated heterocycles. The van der Waals surface area contributed by atoms with Gasteiger partial charge in [0.15, 0.2) is 0 Å². The molecule has 2 atom stereocenters. The first-order chi connectivity index (χ1) is 18.3. The lowest BCUT2D eigenvalue weighted by Gasteiger charge is -2.33. The van der Waals surface area contributed by atoms with E-state index < -0.39 is 48.0 Å². The molecule has 0 bridgehead atoms. The lowest BCUT2D eigenvalue weighted by Crippen LogP contribution is -2.53. The Bertz CT molecular complexity index is 1200. The number of aryl methyl sites for hydroxylation is 2. The molecule has 10 heteroatoms. The molecule has 0 spiro atoms. The Kier molecular flexibility index (Phi) is 11.0. The van der Waals surface area contributed by atoms with E-state index in [2.05, 4.69) is 10.6 Å². The van der Waals surface area contributed by atoms with Crippen LogP contribution in [0.25, 0.3) is 0 Å². The summed E-state index contributed by atoms with van der Waals surface area (Å²) in [7, 11) is 0. The molecule has 2 rings (SSSR count). The molecule has 10 nitrogen and oxygen atoms in total. The molecular weight excluding hydrogens is 498 g/mol. The highest BCUT2D eigenvalue weighted by Gasteiger charge is 2.36. The van der Waals surface area contributed by atoms with Gasteiger partial charge in [0.25, 0.3) is 0 Å². The van der Waals surface area contributed by atoms with Crippen LogP contribution < -0.4 is 16.4 Å². The third kappa shape index (κ3) is 10.1. The fraction of sp³-hybridized carbons (Fsp3) is 0.414. The maximum Gasteiger partial charge on any atom is 0.408 e. The Labute approximate surface area is 229 Å². The summed E-state index contributed by atoms with van der Waals surface area (Å²) >= 11 is 0. The molecule has 0 heterocycles. The highest BCUT2D eigenvalue weighted by molar-refractivity contribution is 5.92. The van der Waals surface area contributed by atoms with Crippen LogP contribution in [-0.2, 0) is 25.7 Å². The number of primary amides is 1. The van der Waals surface area contributed by atoms with Gasteiger partial charge in [-0.25, -0.2) is 4.79 Å². The van der Waals surface area contributed by atoms with Gasteiger partial charge in [0, 0.05) is 13.0 Å². The molecule has 2 aromatic rings. The molecule has 4 amide bonds. The second-order valence-corrected chi connectivity index (χ2v) is 10.4. The summed E-state index contributed by atoms with van der Waals surface area (Å²) in [6.07, 6.45) is -1.22. The largest absolute Gasteiger partial charge is 0.444 e. The van der Waals surface area contributed by atoms with Crippen LogP contribution in [0.15, 0.2) is 48.5 Å². The maximum absolute atomic E-state index is 13.9. The first-order valence-corrected chi connectivity index (χ1v) is 12.7. The molecule has 0 radical (unpaired) electrons. The molecule has 2 aromatic carbocycles. The summed E-state index contributed by atoms with van der Waals surface area (Å²) in [6, 6.07) is 14.3.